The van der Waals surface area contributed by atoms with Crippen molar-refractivity contribution in [2.45, 2.75) is 25.3 Å². The van der Waals surface area contributed by atoms with E-state index >= 15 is 0 Å². The maximum atomic E-state index is 11.3. The van der Waals surface area contributed by atoms with Gasteiger partial charge in [0.2, 0.25) is 5.91 Å². The van der Waals surface area contributed by atoms with E-state index in [2.05, 4.69) is 17.2 Å². The van der Waals surface area contributed by atoms with Gasteiger partial charge in [-0.3, -0.25) is 4.79 Å². The number of thioether (sulfide) groups is 1. The number of hydrogen-bond acceptors (Lipinski definition) is 3. The molecule has 15 heavy (non-hydrogen) atoms. The van der Waals surface area contributed by atoms with Gasteiger partial charge in [-0.2, -0.15) is 11.8 Å². The Labute approximate surface area is 96.1 Å². The Morgan fingerprint density at radius 2 is 2.27 bits per heavy atom. The Bertz CT molecular complexity index is 205. The molecule has 0 bridgehead atoms. The lowest BCUT2D eigenvalue weighted by atomic mass is 10.4. The second-order valence-corrected chi connectivity index (χ2v) is 4.86. The van der Waals surface area contributed by atoms with E-state index in [1.54, 1.807) is 0 Å². The zero-order chi connectivity index (χ0) is 10.9. The fourth-order valence-electron chi connectivity index (χ4n) is 1.17. The quantitative estimate of drug-likeness (QED) is 0.460. The third-order valence-electron chi connectivity index (χ3n) is 2.13. The molecule has 0 unspecified atom stereocenters. The van der Waals surface area contributed by atoms with Crippen LogP contribution in [0.5, 0.6) is 0 Å². The van der Waals surface area contributed by atoms with Crippen LogP contribution in [0.4, 0.5) is 0 Å². The topological polar surface area (TPSA) is 41.1 Å². The highest BCUT2D eigenvalue weighted by atomic mass is 32.2. The Kier molecular flexibility index (Phi) is 6.52. The van der Waals surface area contributed by atoms with Crippen LogP contribution in [0.3, 0.4) is 0 Å². The molecule has 0 radical (unpaired) electrons. The van der Waals surface area contributed by atoms with Crippen LogP contribution in [-0.4, -0.2) is 36.5 Å². The van der Waals surface area contributed by atoms with Crippen molar-refractivity contribution >= 4 is 17.7 Å². The minimum atomic E-state index is 0.184. The fraction of sp³-hybridized carbons (Fsp3) is 0.727. The average molecular weight is 228 g/mol. The third-order valence-corrected chi connectivity index (χ3v) is 3.09. The summed E-state index contributed by atoms with van der Waals surface area (Å²) < 4.78 is 0. The molecule has 4 heteroatoms. The zero-order valence-electron chi connectivity index (χ0n) is 9.13. The van der Waals surface area contributed by atoms with E-state index in [1.807, 2.05) is 17.8 Å². The third kappa shape index (κ3) is 7.45. The summed E-state index contributed by atoms with van der Waals surface area (Å²) in [6.45, 7) is 5.41. The first kappa shape index (κ1) is 12.6. The van der Waals surface area contributed by atoms with Gasteiger partial charge in [0.25, 0.3) is 0 Å². The SMILES string of the molecule is C=CCSCCNCCC(=O)NC1CC1. The summed E-state index contributed by atoms with van der Waals surface area (Å²) in [5.41, 5.74) is 0. The van der Waals surface area contributed by atoms with Crippen molar-refractivity contribution in [2.75, 3.05) is 24.6 Å². The van der Waals surface area contributed by atoms with E-state index in [1.165, 1.54) is 0 Å². The van der Waals surface area contributed by atoms with Gasteiger partial charge in [0, 0.05) is 37.1 Å². The van der Waals surface area contributed by atoms with Gasteiger partial charge in [0.1, 0.15) is 0 Å². The first-order valence-electron chi connectivity index (χ1n) is 5.51. The zero-order valence-corrected chi connectivity index (χ0v) is 9.94. The number of rotatable bonds is 9. The second kappa shape index (κ2) is 7.77. The summed E-state index contributed by atoms with van der Waals surface area (Å²) in [5, 5.41) is 6.22. The number of nitrogens with one attached hydrogen (secondary N) is 2. The van der Waals surface area contributed by atoms with E-state index in [9.17, 15) is 4.79 Å². The highest BCUT2D eigenvalue weighted by Gasteiger charge is 2.22. The Morgan fingerprint density at radius 3 is 2.93 bits per heavy atom. The lowest BCUT2D eigenvalue weighted by Crippen LogP contribution is -2.29. The summed E-state index contributed by atoms with van der Waals surface area (Å²) >= 11 is 1.85. The molecule has 0 spiro atoms. The lowest BCUT2D eigenvalue weighted by Gasteiger charge is -2.04. The van der Waals surface area contributed by atoms with Crippen LogP contribution >= 0.6 is 11.8 Å². The van der Waals surface area contributed by atoms with E-state index in [4.69, 9.17) is 0 Å². The van der Waals surface area contributed by atoms with E-state index in [0.29, 0.717) is 12.5 Å². The summed E-state index contributed by atoms with van der Waals surface area (Å²) in [6, 6.07) is 0.487. The average Bonchev–Trinajstić information content (AvgIpc) is 3.00. The number of amides is 1. The van der Waals surface area contributed by atoms with Gasteiger partial charge in [-0.1, -0.05) is 6.08 Å². The highest BCUT2D eigenvalue weighted by Crippen LogP contribution is 2.18. The monoisotopic (exact) mass is 228 g/mol. The van der Waals surface area contributed by atoms with Crippen LogP contribution < -0.4 is 10.6 Å². The first-order chi connectivity index (χ1) is 7.33. The van der Waals surface area contributed by atoms with Crippen LogP contribution in [0, 0.1) is 0 Å². The van der Waals surface area contributed by atoms with Gasteiger partial charge in [-0.15, -0.1) is 6.58 Å². The molecule has 0 aromatic rings. The van der Waals surface area contributed by atoms with Gasteiger partial charge in [0.15, 0.2) is 0 Å². The second-order valence-electron chi connectivity index (χ2n) is 3.71. The summed E-state index contributed by atoms with van der Waals surface area (Å²) in [4.78, 5) is 11.3. The van der Waals surface area contributed by atoms with Gasteiger partial charge >= 0.3 is 0 Å². The molecule has 3 nitrogen and oxygen atoms in total. The van der Waals surface area contributed by atoms with E-state index in [0.717, 1.165) is 37.4 Å². The Morgan fingerprint density at radius 1 is 1.47 bits per heavy atom. The lowest BCUT2D eigenvalue weighted by molar-refractivity contribution is -0.121. The molecule has 0 aliphatic heterocycles. The molecule has 0 saturated heterocycles. The molecule has 0 aromatic heterocycles. The molecule has 1 saturated carbocycles. The molecule has 2 N–H and O–H groups in total. The van der Waals surface area contributed by atoms with Crippen molar-refractivity contribution in [3.05, 3.63) is 12.7 Å². The first-order valence-corrected chi connectivity index (χ1v) is 6.67. The molecule has 1 aliphatic rings. The molecule has 86 valence electrons. The van der Waals surface area contributed by atoms with Gasteiger partial charge in [0.05, 0.1) is 0 Å². The van der Waals surface area contributed by atoms with Crippen molar-refractivity contribution in [3.63, 3.8) is 0 Å². The normalized spacial score (nSPS) is 14.9. The number of carbonyl (C=O) groups is 1. The minimum Gasteiger partial charge on any atom is -0.353 e. The molecule has 0 aromatic carbocycles. The van der Waals surface area contributed by atoms with Crippen LogP contribution in [0.2, 0.25) is 0 Å². The van der Waals surface area contributed by atoms with Gasteiger partial charge in [-0.05, 0) is 12.8 Å². The van der Waals surface area contributed by atoms with Crippen molar-refractivity contribution < 1.29 is 4.79 Å². The van der Waals surface area contributed by atoms with Crippen LogP contribution in [0.1, 0.15) is 19.3 Å². The fourth-order valence-corrected chi connectivity index (χ4v) is 1.79. The summed E-state index contributed by atoms with van der Waals surface area (Å²) in [7, 11) is 0. The summed E-state index contributed by atoms with van der Waals surface area (Å²) in [5.74, 6) is 2.27. The van der Waals surface area contributed by atoms with Crippen LogP contribution in [-0.2, 0) is 4.79 Å². The van der Waals surface area contributed by atoms with Crippen molar-refractivity contribution in [2.24, 2.45) is 0 Å². The predicted molar refractivity (Wildman–Crippen MR) is 66.2 cm³/mol. The molecular formula is C11H20N2OS. The highest BCUT2D eigenvalue weighted by molar-refractivity contribution is 7.99. The predicted octanol–water partition coefficient (Wildman–Crippen LogP) is 1.16. The van der Waals surface area contributed by atoms with E-state index in [-0.39, 0.29) is 5.91 Å². The Balaban J connectivity index is 1.79. The van der Waals surface area contributed by atoms with Crippen molar-refractivity contribution in [1.82, 2.24) is 10.6 Å². The van der Waals surface area contributed by atoms with Gasteiger partial charge < -0.3 is 10.6 Å². The molecule has 1 fully saturated rings. The largest absolute Gasteiger partial charge is 0.353 e. The van der Waals surface area contributed by atoms with Gasteiger partial charge in [-0.25, -0.2) is 0 Å². The molecule has 1 amide bonds. The van der Waals surface area contributed by atoms with E-state index < -0.39 is 0 Å². The molecule has 0 atom stereocenters. The maximum Gasteiger partial charge on any atom is 0.221 e. The molecular weight excluding hydrogens is 208 g/mol. The molecule has 1 aliphatic carbocycles. The van der Waals surface area contributed by atoms with Crippen molar-refractivity contribution in [3.8, 4) is 0 Å². The van der Waals surface area contributed by atoms with Crippen LogP contribution in [0.15, 0.2) is 12.7 Å². The molecule has 0 heterocycles. The maximum absolute atomic E-state index is 11.3. The number of carbonyl (C=O) groups excluding carboxylic acids is 1. The Hall–Kier alpha value is -0.480. The molecule has 1 rings (SSSR count). The number of hydrogen-bond donors (Lipinski definition) is 2. The standard InChI is InChI=1S/C11H20N2OS/c1-2-8-15-9-7-12-6-5-11(14)13-10-3-4-10/h2,10,12H,1,3-9H2,(H,13,14). The van der Waals surface area contributed by atoms with Crippen LogP contribution in [0.25, 0.3) is 0 Å². The summed E-state index contributed by atoms with van der Waals surface area (Å²) in [6.07, 6.45) is 4.84. The smallest absolute Gasteiger partial charge is 0.221 e. The van der Waals surface area contributed by atoms with Crippen molar-refractivity contribution in [1.29, 1.82) is 0 Å². The minimum absolute atomic E-state index is 0.184.